The molecule has 1 aromatic heterocycles. The van der Waals surface area contributed by atoms with E-state index in [9.17, 15) is 0 Å². The van der Waals surface area contributed by atoms with Crippen LogP contribution in [0.1, 0.15) is 31.2 Å². The molecule has 4 nitrogen and oxygen atoms in total. The molecular weight excluding hydrogens is 260 g/mol. The lowest BCUT2D eigenvalue weighted by Gasteiger charge is -2.13. The van der Waals surface area contributed by atoms with Gasteiger partial charge in [0.2, 0.25) is 0 Å². The van der Waals surface area contributed by atoms with Crippen molar-refractivity contribution in [2.45, 2.75) is 32.7 Å². The predicted octanol–water partition coefficient (Wildman–Crippen LogP) is 2.48. The van der Waals surface area contributed by atoms with Crippen LogP contribution in [0.5, 0.6) is 0 Å². The maximum absolute atomic E-state index is 4.88. The van der Waals surface area contributed by atoms with Crippen LogP contribution in [0.3, 0.4) is 0 Å². The van der Waals surface area contributed by atoms with Gasteiger partial charge >= 0.3 is 0 Å². The molecule has 0 radical (unpaired) electrons. The second-order valence-corrected chi connectivity index (χ2v) is 6.24. The molecule has 1 N–H and O–H groups in total. The highest BCUT2D eigenvalue weighted by molar-refractivity contribution is 5.77. The number of hydrogen-bond acceptors (Lipinski definition) is 3. The van der Waals surface area contributed by atoms with Crippen LogP contribution in [0.25, 0.3) is 11.0 Å². The van der Waals surface area contributed by atoms with Crippen molar-refractivity contribution in [3.05, 3.63) is 29.6 Å². The Labute approximate surface area is 128 Å². The van der Waals surface area contributed by atoms with Crippen LogP contribution in [-0.4, -0.2) is 48.7 Å². The Kier molecular flexibility index (Phi) is 5.37. The van der Waals surface area contributed by atoms with E-state index in [1.165, 1.54) is 16.9 Å². The fourth-order valence-electron chi connectivity index (χ4n) is 2.53. The van der Waals surface area contributed by atoms with Crippen LogP contribution in [0, 0.1) is 0 Å². The number of likely N-dealkylation sites (N-methyl/N-ethyl adjacent to an activating group) is 2. The summed E-state index contributed by atoms with van der Waals surface area (Å²) in [6, 6.07) is 6.72. The first-order chi connectivity index (χ1) is 10.0. The van der Waals surface area contributed by atoms with Gasteiger partial charge in [0, 0.05) is 26.1 Å². The molecule has 1 heterocycles. The Bertz CT molecular complexity index is 584. The lowest BCUT2D eigenvalue weighted by molar-refractivity contribution is 0.383. The van der Waals surface area contributed by atoms with Crippen LogP contribution < -0.4 is 5.32 Å². The van der Waals surface area contributed by atoms with Gasteiger partial charge in [-0.15, -0.1) is 0 Å². The third-order valence-corrected chi connectivity index (χ3v) is 3.89. The monoisotopic (exact) mass is 288 g/mol. The van der Waals surface area contributed by atoms with E-state index in [4.69, 9.17) is 4.98 Å². The van der Waals surface area contributed by atoms with Gasteiger partial charge in [0.05, 0.1) is 11.0 Å². The third-order valence-electron chi connectivity index (χ3n) is 3.89. The maximum atomic E-state index is 4.88. The van der Waals surface area contributed by atoms with Crippen molar-refractivity contribution in [2.75, 3.05) is 34.2 Å². The van der Waals surface area contributed by atoms with E-state index in [0.717, 1.165) is 31.6 Å². The normalized spacial score (nSPS) is 12.0. The van der Waals surface area contributed by atoms with Crippen LogP contribution in [0.2, 0.25) is 0 Å². The van der Waals surface area contributed by atoms with Crippen LogP contribution in [0.4, 0.5) is 0 Å². The van der Waals surface area contributed by atoms with E-state index in [1.807, 2.05) is 7.05 Å². The molecule has 4 heteroatoms. The van der Waals surface area contributed by atoms with Crippen LogP contribution in [-0.2, 0) is 13.0 Å². The minimum Gasteiger partial charge on any atom is -0.327 e. The maximum Gasteiger partial charge on any atom is 0.111 e. The predicted molar refractivity (Wildman–Crippen MR) is 90.0 cm³/mol. The summed E-state index contributed by atoms with van der Waals surface area (Å²) >= 11 is 0. The zero-order chi connectivity index (χ0) is 15.4. The van der Waals surface area contributed by atoms with Gasteiger partial charge in [-0.25, -0.2) is 4.98 Å². The third kappa shape index (κ3) is 3.83. The van der Waals surface area contributed by atoms with Crippen molar-refractivity contribution in [3.63, 3.8) is 0 Å². The van der Waals surface area contributed by atoms with Gasteiger partial charge in [-0.2, -0.15) is 0 Å². The summed E-state index contributed by atoms with van der Waals surface area (Å²) in [6.45, 7) is 7.44. The molecule has 0 saturated heterocycles. The molecule has 0 spiro atoms. The first kappa shape index (κ1) is 16.0. The van der Waals surface area contributed by atoms with E-state index in [-0.39, 0.29) is 0 Å². The number of nitrogens with zero attached hydrogens (tertiary/aromatic N) is 3. The largest absolute Gasteiger partial charge is 0.327 e. The second kappa shape index (κ2) is 7.05. The number of aromatic nitrogens is 2. The molecule has 116 valence electrons. The van der Waals surface area contributed by atoms with E-state index in [0.29, 0.717) is 5.92 Å². The van der Waals surface area contributed by atoms with Gasteiger partial charge in [0.25, 0.3) is 0 Å². The number of benzene rings is 1. The molecule has 0 amide bonds. The molecule has 1 aromatic carbocycles. The molecule has 0 saturated carbocycles. The fraction of sp³-hybridized carbons (Fsp3) is 0.588. The van der Waals surface area contributed by atoms with Crippen LogP contribution in [0.15, 0.2) is 18.2 Å². The fourth-order valence-corrected chi connectivity index (χ4v) is 2.53. The average Bonchev–Trinajstić information content (AvgIpc) is 2.79. The van der Waals surface area contributed by atoms with Crippen LogP contribution >= 0.6 is 0 Å². The van der Waals surface area contributed by atoms with E-state index in [2.05, 4.69) is 60.9 Å². The Morgan fingerprint density at radius 3 is 2.67 bits per heavy atom. The van der Waals surface area contributed by atoms with Gasteiger partial charge in [0.15, 0.2) is 0 Å². The molecule has 0 aliphatic heterocycles. The minimum absolute atomic E-state index is 0.544. The zero-order valence-corrected chi connectivity index (χ0v) is 14.0. The number of rotatable bonds is 7. The lowest BCUT2D eigenvalue weighted by atomic mass is 10.0. The first-order valence-electron chi connectivity index (χ1n) is 7.81. The van der Waals surface area contributed by atoms with Gasteiger partial charge in [-0.3, -0.25) is 0 Å². The van der Waals surface area contributed by atoms with Crippen molar-refractivity contribution in [2.24, 2.45) is 0 Å². The Morgan fingerprint density at radius 1 is 1.29 bits per heavy atom. The molecule has 0 atom stereocenters. The van der Waals surface area contributed by atoms with Gasteiger partial charge < -0.3 is 14.8 Å². The van der Waals surface area contributed by atoms with E-state index < -0.39 is 0 Å². The first-order valence-corrected chi connectivity index (χ1v) is 7.81. The number of nitrogens with one attached hydrogen (secondary N) is 1. The summed E-state index contributed by atoms with van der Waals surface area (Å²) in [5.74, 6) is 1.73. The topological polar surface area (TPSA) is 33.1 Å². The van der Waals surface area contributed by atoms with Crippen molar-refractivity contribution >= 4 is 11.0 Å². The van der Waals surface area contributed by atoms with Gasteiger partial charge in [-0.05, 0) is 44.8 Å². The van der Waals surface area contributed by atoms with Gasteiger partial charge in [-0.1, -0.05) is 19.9 Å². The smallest absolute Gasteiger partial charge is 0.111 e. The Hall–Kier alpha value is -1.39. The van der Waals surface area contributed by atoms with Crippen molar-refractivity contribution in [1.29, 1.82) is 0 Å². The Morgan fingerprint density at radius 2 is 2.05 bits per heavy atom. The molecule has 21 heavy (non-hydrogen) atoms. The van der Waals surface area contributed by atoms with Crippen molar-refractivity contribution in [1.82, 2.24) is 19.8 Å². The summed E-state index contributed by atoms with van der Waals surface area (Å²) in [6.07, 6.45) is 0.968. The Balaban J connectivity index is 2.39. The standard InChI is InChI=1S/C17H28N4/c1-13(2)14-6-7-16-15(12-14)19-17(8-9-18-3)21(16)11-10-20(4)5/h6-7,12-13,18H,8-11H2,1-5H3. The summed E-state index contributed by atoms with van der Waals surface area (Å²) in [5, 5.41) is 3.22. The SMILES string of the molecule is CNCCc1nc2cc(C(C)C)ccc2n1CCN(C)C. The second-order valence-electron chi connectivity index (χ2n) is 6.24. The molecule has 0 unspecified atom stereocenters. The summed E-state index contributed by atoms with van der Waals surface area (Å²) < 4.78 is 2.37. The average molecular weight is 288 g/mol. The molecule has 0 bridgehead atoms. The van der Waals surface area contributed by atoms with Gasteiger partial charge in [0.1, 0.15) is 5.82 Å². The van der Waals surface area contributed by atoms with Crippen molar-refractivity contribution in [3.8, 4) is 0 Å². The quantitative estimate of drug-likeness (QED) is 0.850. The van der Waals surface area contributed by atoms with E-state index >= 15 is 0 Å². The minimum atomic E-state index is 0.544. The molecule has 2 aromatic rings. The van der Waals surface area contributed by atoms with E-state index in [1.54, 1.807) is 0 Å². The number of hydrogen-bond donors (Lipinski definition) is 1. The summed E-state index contributed by atoms with van der Waals surface area (Å²) in [5.41, 5.74) is 3.75. The summed E-state index contributed by atoms with van der Waals surface area (Å²) in [7, 11) is 6.22. The highest BCUT2D eigenvalue weighted by Gasteiger charge is 2.12. The molecule has 0 aliphatic carbocycles. The molecular formula is C17H28N4. The molecule has 2 rings (SSSR count). The summed E-state index contributed by atoms with van der Waals surface area (Å²) in [4.78, 5) is 7.09. The van der Waals surface area contributed by atoms with Crippen molar-refractivity contribution < 1.29 is 0 Å². The molecule has 0 fully saturated rings. The zero-order valence-electron chi connectivity index (χ0n) is 14.0. The molecule has 0 aliphatic rings. The number of imidazole rings is 1. The highest BCUT2D eigenvalue weighted by Crippen LogP contribution is 2.22. The number of fused-ring (bicyclic) bond motifs is 1. The highest BCUT2D eigenvalue weighted by atomic mass is 15.1. The lowest BCUT2D eigenvalue weighted by Crippen LogP contribution is -2.21.